The van der Waals surface area contributed by atoms with Gasteiger partial charge >= 0.3 is 12.0 Å². The van der Waals surface area contributed by atoms with Crippen molar-refractivity contribution in [3.63, 3.8) is 0 Å². The summed E-state index contributed by atoms with van der Waals surface area (Å²) in [5.74, 6) is -1.34. The maximum absolute atomic E-state index is 12.1. The van der Waals surface area contributed by atoms with Crippen LogP contribution in [0.5, 0.6) is 0 Å². The van der Waals surface area contributed by atoms with Crippen molar-refractivity contribution < 1.29 is 19.8 Å². The molecule has 0 aromatic rings. The lowest BCUT2D eigenvalue weighted by Gasteiger charge is -2.30. The zero-order chi connectivity index (χ0) is 15.2. The number of aliphatic hydroxyl groups is 1. The molecule has 6 heteroatoms. The molecule has 0 aromatic carbocycles. The SMILES string of the molecule is O=C(NC1CCCCCC1O)NC1CCCCC1C(=O)O. The van der Waals surface area contributed by atoms with Gasteiger partial charge in [-0.15, -0.1) is 0 Å². The number of nitrogens with one attached hydrogen (secondary N) is 2. The van der Waals surface area contributed by atoms with Gasteiger partial charge in [-0.3, -0.25) is 4.79 Å². The fourth-order valence-electron chi connectivity index (χ4n) is 3.43. The highest BCUT2D eigenvalue weighted by Crippen LogP contribution is 2.24. The van der Waals surface area contributed by atoms with Crippen LogP contribution in [0.1, 0.15) is 57.8 Å². The number of hydrogen-bond donors (Lipinski definition) is 4. The lowest BCUT2D eigenvalue weighted by Crippen LogP contribution is -2.53. The van der Waals surface area contributed by atoms with Crippen molar-refractivity contribution in [3.8, 4) is 0 Å². The van der Waals surface area contributed by atoms with Crippen LogP contribution < -0.4 is 10.6 Å². The first-order valence-corrected chi connectivity index (χ1v) is 8.06. The van der Waals surface area contributed by atoms with Crippen LogP contribution in [-0.2, 0) is 4.79 Å². The number of carbonyl (C=O) groups excluding carboxylic acids is 1. The van der Waals surface area contributed by atoms with Crippen molar-refractivity contribution in [2.75, 3.05) is 0 Å². The van der Waals surface area contributed by atoms with Gasteiger partial charge in [0.05, 0.1) is 18.1 Å². The monoisotopic (exact) mass is 298 g/mol. The standard InChI is InChI=1S/C15H26N2O4/c18-13-9-3-1-2-8-12(13)17-15(21)16-11-7-5-4-6-10(11)14(19)20/h10-13,18H,1-9H2,(H,19,20)(H2,16,17,21). The van der Waals surface area contributed by atoms with E-state index in [1.165, 1.54) is 0 Å². The summed E-state index contributed by atoms with van der Waals surface area (Å²) in [6, 6.07) is -0.877. The number of rotatable bonds is 3. The molecule has 0 heterocycles. The molecule has 2 fully saturated rings. The number of urea groups is 1. The number of amides is 2. The minimum absolute atomic E-state index is 0.223. The van der Waals surface area contributed by atoms with Gasteiger partial charge in [0, 0.05) is 6.04 Å². The van der Waals surface area contributed by atoms with Crippen molar-refractivity contribution in [2.24, 2.45) is 5.92 Å². The summed E-state index contributed by atoms with van der Waals surface area (Å²) in [5, 5.41) is 24.8. The van der Waals surface area contributed by atoms with Crippen LogP contribution in [0.3, 0.4) is 0 Å². The van der Waals surface area contributed by atoms with Gasteiger partial charge in [0.15, 0.2) is 0 Å². The zero-order valence-corrected chi connectivity index (χ0v) is 12.4. The number of aliphatic hydroxyl groups excluding tert-OH is 1. The van der Waals surface area contributed by atoms with Crippen LogP contribution in [-0.4, -0.2) is 40.4 Å². The van der Waals surface area contributed by atoms with Crippen LogP contribution in [0.25, 0.3) is 0 Å². The van der Waals surface area contributed by atoms with Crippen molar-refractivity contribution in [2.45, 2.75) is 76.0 Å². The van der Waals surface area contributed by atoms with Crippen LogP contribution in [0.4, 0.5) is 4.79 Å². The van der Waals surface area contributed by atoms with Crippen LogP contribution >= 0.6 is 0 Å². The molecule has 0 saturated heterocycles. The first-order chi connectivity index (χ1) is 10.1. The second-order valence-corrected chi connectivity index (χ2v) is 6.27. The minimum Gasteiger partial charge on any atom is -0.481 e. The first-order valence-electron chi connectivity index (χ1n) is 8.06. The summed E-state index contributed by atoms with van der Waals surface area (Å²) in [6.45, 7) is 0. The molecule has 0 radical (unpaired) electrons. The van der Waals surface area contributed by atoms with E-state index in [4.69, 9.17) is 0 Å². The number of hydrogen-bond acceptors (Lipinski definition) is 3. The number of aliphatic carboxylic acids is 1. The Labute approximate surface area is 125 Å². The summed E-state index contributed by atoms with van der Waals surface area (Å²) < 4.78 is 0. The van der Waals surface area contributed by atoms with Crippen LogP contribution in [0, 0.1) is 5.92 Å². The average molecular weight is 298 g/mol. The van der Waals surface area contributed by atoms with Crippen molar-refractivity contribution in [1.82, 2.24) is 10.6 Å². The molecule has 2 aliphatic rings. The molecular weight excluding hydrogens is 272 g/mol. The molecule has 2 aliphatic carbocycles. The predicted molar refractivity (Wildman–Crippen MR) is 77.9 cm³/mol. The zero-order valence-electron chi connectivity index (χ0n) is 12.4. The molecule has 21 heavy (non-hydrogen) atoms. The third-order valence-corrected chi connectivity index (χ3v) is 4.70. The van der Waals surface area contributed by atoms with E-state index in [0.29, 0.717) is 19.3 Å². The summed E-state index contributed by atoms with van der Waals surface area (Å²) in [5.41, 5.74) is 0. The van der Waals surface area contributed by atoms with E-state index in [1.54, 1.807) is 0 Å². The third-order valence-electron chi connectivity index (χ3n) is 4.70. The minimum atomic E-state index is -0.838. The second-order valence-electron chi connectivity index (χ2n) is 6.27. The molecule has 0 aliphatic heterocycles. The lowest BCUT2D eigenvalue weighted by molar-refractivity contribution is -0.143. The number of carboxylic acids is 1. The van der Waals surface area contributed by atoms with E-state index in [1.807, 2.05) is 0 Å². The molecule has 2 rings (SSSR count). The van der Waals surface area contributed by atoms with Gasteiger partial charge in [-0.2, -0.15) is 0 Å². The Kier molecular flexibility index (Phi) is 5.85. The predicted octanol–water partition coefficient (Wildman–Crippen LogP) is 1.62. The molecular formula is C15H26N2O4. The topological polar surface area (TPSA) is 98.7 Å². The second kappa shape index (κ2) is 7.64. The highest BCUT2D eigenvalue weighted by molar-refractivity contribution is 5.77. The molecule has 4 atom stereocenters. The fraction of sp³-hybridized carbons (Fsp3) is 0.867. The summed E-state index contributed by atoms with van der Waals surface area (Å²) in [6.07, 6.45) is 7.24. The lowest BCUT2D eigenvalue weighted by atomic mass is 9.84. The Bertz CT molecular complexity index is 375. The maximum atomic E-state index is 12.1. The Morgan fingerprint density at radius 2 is 1.38 bits per heavy atom. The van der Waals surface area contributed by atoms with Gasteiger partial charge in [0.1, 0.15) is 0 Å². The number of carbonyl (C=O) groups is 2. The van der Waals surface area contributed by atoms with E-state index in [-0.39, 0.29) is 18.1 Å². The van der Waals surface area contributed by atoms with Crippen LogP contribution in [0.15, 0.2) is 0 Å². The van der Waals surface area contributed by atoms with Gasteiger partial charge in [0.2, 0.25) is 0 Å². The molecule has 0 aromatic heterocycles. The summed E-state index contributed by atoms with van der Waals surface area (Å²) in [7, 11) is 0. The van der Waals surface area contributed by atoms with Gasteiger partial charge in [0.25, 0.3) is 0 Å². The Morgan fingerprint density at radius 3 is 2.14 bits per heavy atom. The van der Waals surface area contributed by atoms with Crippen molar-refractivity contribution in [1.29, 1.82) is 0 Å². The fourth-order valence-corrected chi connectivity index (χ4v) is 3.43. The maximum Gasteiger partial charge on any atom is 0.315 e. The molecule has 120 valence electrons. The highest BCUT2D eigenvalue weighted by Gasteiger charge is 2.32. The largest absolute Gasteiger partial charge is 0.481 e. The number of carboxylic acid groups (broad SMARTS) is 1. The van der Waals surface area contributed by atoms with E-state index in [0.717, 1.165) is 38.5 Å². The first kappa shape index (κ1) is 16.1. The van der Waals surface area contributed by atoms with E-state index in [9.17, 15) is 19.8 Å². The van der Waals surface area contributed by atoms with Gasteiger partial charge in [-0.05, 0) is 25.7 Å². The summed E-state index contributed by atoms with van der Waals surface area (Å²) >= 11 is 0. The van der Waals surface area contributed by atoms with Crippen molar-refractivity contribution in [3.05, 3.63) is 0 Å². The van der Waals surface area contributed by atoms with E-state index < -0.39 is 18.0 Å². The van der Waals surface area contributed by atoms with Gasteiger partial charge < -0.3 is 20.8 Å². The molecule has 2 saturated carbocycles. The van der Waals surface area contributed by atoms with Crippen molar-refractivity contribution >= 4 is 12.0 Å². The van der Waals surface area contributed by atoms with Gasteiger partial charge in [-0.25, -0.2) is 4.79 Å². The molecule has 6 nitrogen and oxygen atoms in total. The van der Waals surface area contributed by atoms with E-state index in [2.05, 4.69) is 10.6 Å². The summed E-state index contributed by atoms with van der Waals surface area (Å²) in [4.78, 5) is 23.3. The Morgan fingerprint density at radius 1 is 0.810 bits per heavy atom. The highest BCUT2D eigenvalue weighted by atomic mass is 16.4. The quantitative estimate of drug-likeness (QED) is 0.595. The third kappa shape index (κ3) is 4.59. The Balaban J connectivity index is 1.86. The molecule has 4 N–H and O–H groups in total. The Hall–Kier alpha value is -1.30. The average Bonchev–Trinajstić information content (AvgIpc) is 2.64. The molecule has 4 unspecified atom stereocenters. The van der Waals surface area contributed by atoms with E-state index >= 15 is 0 Å². The molecule has 0 bridgehead atoms. The smallest absolute Gasteiger partial charge is 0.315 e. The normalized spacial score (nSPS) is 33.8. The molecule has 0 spiro atoms. The molecule has 2 amide bonds. The van der Waals surface area contributed by atoms with Crippen LogP contribution in [0.2, 0.25) is 0 Å². The van der Waals surface area contributed by atoms with Gasteiger partial charge in [-0.1, -0.05) is 32.1 Å².